The number of rotatable bonds is 6. The predicted octanol–water partition coefficient (Wildman–Crippen LogP) is 3.89. The van der Waals surface area contributed by atoms with E-state index in [1.54, 1.807) is 36.5 Å². The molecule has 6 nitrogen and oxygen atoms in total. The maximum absolute atomic E-state index is 12.8. The van der Waals surface area contributed by atoms with Gasteiger partial charge in [0.1, 0.15) is 5.82 Å². The molecule has 154 valence electrons. The SMILES string of the molecule is C[C@@H]1C[C@H](C)CN(c2ncc(Cl)cc2C(=O)NCCc2ccc(C(=O)O)cc2)C1. The number of hydrogen-bond acceptors (Lipinski definition) is 4. The minimum atomic E-state index is -0.952. The second-order valence-electron chi connectivity index (χ2n) is 7.88. The third-order valence-electron chi connectivity index (χ3n) is 5.15. The lowest BCUT2D eigenvalue weighted by Gasteiger charge is -2.36. The largest absolute Gasteiger partial charge is 0.478 e. The van der Waals surface area contributed by atoms with Crippen molar-refractivity contribution in [2.45, 2.75) is 26.7 Å². The van der Waals surface area contributed by atoms with Crippen molar-refractivity contribution < 1.29 is 14.7 Å². The highest BCUT2D eigenvalue weighted by atomic mass is 35.5. The van der Waals surface area contributed by atoms with Gasteiger partial charge in [0, 0.05) is 25.8 Å². The fourth-order valence-electron chi connectivity index (χ4n) is 3.92. The van der Waals surface area contributed by atoms with Crippen molar-refractivity contribution in [2.75, 3.05) is 24.5 Å². The molecule has 2 aromatic rings. The van der Waals surface area contributed by atoms with Gasteiger partial charge in [0.15, 0.2) is 0 Å². The Morgan fingerprint density at radius 1 is 1.21 bits per heavy atom. The van der Waals surface area contributed by atoms with E-state index in [2.05, 4.69) is 29.0 Å². The number of halogens is 1. The lowest BCUT2D eigenvalue weighted by atomic mass is 9.91. The zero-order chi connectivity index (χ0) is 21.0. The summed E-state index contributed by atoms with van der Waals surface area (Å²) in [5.41, 5.74) is 1.69. The molecule has 1 aromatic carbocycles. The van der Waals surface area contributed by atoms with E-state index in [0.29, 0.717) is 41.2 Å². The first-order chi connectivity index (χ1) is 13.8. The van der Waals surface area contributed by atoms with Gasteiger partial charge in [0.2, 0.25) is 0 Å². The van der Waals surface area contributed by atoms with Gasteiger partial charge in [-0.1, -0.05) is 37.6 Å². The number of amides is 1. The van der Waals surface area contributed by atoms with Gasteiger partial charge in [-0.25, -0.2) is 9.78 Å². The molecule has 0 aliphatic carbocycles. The average molecular weight is 416 g/mol. The van der Waals surface area contributed by atoms with Crippen molar-refractivity contribution >= 4 is 29.3 Å². The highest BCUT2D eigenvalue weighted by Gasteiger charge is 2.26. The average Bonchev–Trinajstić information content (AvgIpc) is 2.67. The van der Waals surface area contributed by atoms with Crippen molar-refractivity contribution in [3.05, 3.63) is 58.2 Å². The van der Waals surface area contributed by atoms with Crippen molar-refractivity contribution in [3.8, 4) is 0 Å². The van der Waals surface area contributed by atoms with E-state index in [1.165, 1.54) is 6.42 Å². The number of hydrogen-bond donors (Lipinski definition) is 2. The molecule has 0 spiro atoms. The first-order valence-electron chi connectivity index (χ1n) is 9.84. The third-order valence-corrected chi connectivity index (χ3v) is 5.35. The molecule has 2 atom stereocenters. The number of anilines is 1. The zero-order valence-electron chi connectivity index (χ0n) is 16.7. The molecule has 1 aliphatic heterocycles. The first kappa shape index (κ1) is 21.1. The third kappa shape index (κ3) is 5.48. The number of carboxylic acids is 1. The Morgan fingerprint density at radius 2 is 1.86 bits per heavy atom. The normalized spacial score (nSPS) is 19.1. The molecule has 1 aromatic heterocycles. The van der Waals surface area contributed by atoms with Crippen molar-refractivity contribution in [3.63, 3.8) is 0 Å². The molecule has 1 saturated heterocycles. The molecular weight excluding hydrogens is 390 g/mol. The molecule has 0 radical (unpaired) electrons. The number of carbonyl (C=O) groups is 2. The Hall–Kier alpha value is -2.60. The van der Waals surface area contributed by atoms with E-state index in [1.807, 2.05) is 0 Å². The maximum atomic E-state index is 12.8. The Morgan fingerprint density at radius 3 is 2.48 bits per heavy atom. The van der Waals surface area contributed by atoms with Crippen LogP contribution in [0.15, 0.2) is 36.5 Å². The molecular formula is C22H26ClN3O3. The molecule has 2 N–H and O–H groups in total. The van der Waals surface area contributed by atoms with Crippen molar-refractivity contribution in [2.24, 2.45) is 11.8 Å². The number of piperidine rings is 1. The lowest BCUT2D eigenvalue weighted by molar-refractivity contribution is 0.0696. The summed E-state index contributed by atoms with van der Waals surface area (Å²) in [6.07, 6.45) is 3.36. The highest BCUT2D eigenvalue weighted by molar-refractivity contribution is 6.31. The van der Waals surface area contributed by atoms with Gasteiger partial charge >= 0.3 is 5.97 Å². The fraction of sp³-hybridized carbons (Fsp3) is 0.409. The summed E-state index contributed by atoms with van der Waals surface area (Å²) in [6, 6.07) is 8.33. The number of aromatic nitrogens is 1. The molecule has 29 heavy (non-hydrogen) atoms. The maximum Gasteiger partial charge on any atom is 0.335 e. The van der Waals surface area contributed by atoms with Gasteiger partial charge in [-0.15, -0.1) is 0 Å². The monoisotopic (exact) mass is 415 g/mol. The Kier molecular flexibility index (Phi) is 6.75. The van der Waals surface area contributed by atoms with Crippen LogP contribution >= 0.6 is 11.6 Å². The summed E-state index contributed by atoms with van der Waals surface area (Å²) >= 11 is 6.12. The van der Waals surface area contributed by atoms with Crippen LogP contribution in [0.2, 0.25) is 5.02 Å². The summed E-state index contributed by atoms with van der Waals surface area (Å²) < 4.78 is 0. The fourth-order valence-corrected chi connectivity index (χ4v) is 4.07. The zero-order valence-corrected chi connectivity index (χ0v) is 17.4. The van der Waals surface area contributed by atoms with Crippen molar-refractivity contribution in [1.29, 1.82) is 0 Å². The molecule has 0 unspecified atom stereocenters. The van der Waals surface area contributed by atoms with Crippen LogP contribution in [-0.4, -0.2) is 41.6 Å². The lowest BCUT2D eigenvalue weighted by Crippen LogP contribution is -2.40. The quantitative estimate of drug-likeness (QED) is 0.747. The number of carboxylic acid groups (broad SMARTS) is 1. The second kappa shape index (κ2) is 9.27. The Labute approximate surface area is 175 Å². The molecule has 0 saturated carbocycles. The van der Waals surface area contributed by atoms with Crippen LogP contribution in [0, 0.1) is 11.8 Å². The number of aromatic carboxylic acids is 1. The molecule has 1 amide bonds. The molecule has 1 aliphatic rings. The smallest absolute Gasteiger partial charge is 0.335 e. The van der Waals surface area contributed by atoms with E-state index < -0.39 is 5.97 Å². The van der Waals surface area contributed by atoms with Crippen LogP contribution in [0.25, 0.3) is 0 Å². The first-order valence-corrected chi connectivity index (χ1v) is 10.2. The van der Waals surface area contributed by atoms with Gasteiger partial charge in [-0.05, 0) is 48.4 Å². The standard InChI is InChI=1S/C22H26ClN3O3/c1-14-9-15(2)13-26(12-14)20-19(10-18(23)11-25-20)21(27)24-8-7-16-3-5-17(6-4-16)22(28)29/h3-6,10-11,14-15H,7-9,12-13H2,1-2H3,(H,24,27)(H,28,29)/t14-,15+. The molecule has 0 bridgehead atoms. The van der Waals surface area contributed by atoms with E-state index >= 15 is 0 Å². The molecule has 3 rings (SSSR count). The number of pyridine rings is 1. The summed E-state index contributed by atoms with van der Waals surface area (Å²) in [5, 5.41) is 12.3. The van der Waals surface area contributed by atoms with E-state index in [0.717, 1.165) is 18.7 Å². The van der Waals surface area contributed by atoms with Gasteiger partial charge in [0.25, 0.3) is 5.91 Å². The van der Waals surface area contributed by atoms with Crippen LogP contribution in [0.4, 0.5) is 5.82 Å². The van der Waals surface area contributed by atoms with Crippen molar-refractivity contribution in [1.82, 2.24) is 10.3 Å². The number of nitrogens with zero attached hydrogens (tertiary/aromatic N) is 2. The van der Waals surface area contributed by atoms with Crippen LogP contribution in [0.5, 0.6) is 0 Å². The number of nitrogens with one attached hydrogen (secondary N) is 1. The van der Waals surface area contributed by atoms with Crippen LogP contribution < -0.4 is 10.2 Å². The summed E-state index contributed by atoms with van der Waals surface area (Å²) in [7, 11) is 0. The minimum absolute atomic E-state index is 0.206. The summed E-state index contributed by atoms with van der Waals surface area (Å²) in [4.78, 5) is 30.4. The van der Waals surface area contributed by atoms with Crippen LogP contribution in [-0.2, 0) is 6.42 Å². The second-order valence-corrected chi connectivity index (χ2v) is 8.32. The molecule has 1 fully saturated rings. The molecule has 7 heteroatoms. The van der Waals surface area contributed by atoms with Gasteiger partial charge in [-0.2, -0.15) is 0 Å². The Bertz CT molecular complexity index is 875. The summed E-state index contributed by atoms with van der Waals surface area (Å²) in [6.45, 7) is 6.61. The van der Waals surface area contributed by atoms with E-state index in [4.69, 9.17) is 16.7 Å². The summed E-state index contributed by atoms with van der Waals surface area (Å²) in [5.74, 6) is 0.605. The van der Waals surface area contributed by atoms with Gasteiger partial charge in [0.05, 0.1) is 16.1 Å². The van der Waals surface area contributed by atoms with Gasteiger partial charge < -0.3 is 15.3 Å². The molecule has 2 heterocycles. The topological polar surface area (TPSA) is 82.5 Å². The predicted molar refractivity (Wildman–Crippen MR) is 114 cm³/mol. The number of benzene rings is 1. The highest BCUT2D eigenvalue weighted by Crippen LogP contribution is 2.28. The van der Waals surface area contributed by atoms with E-state index in [-0.39, 0.29) is 11.5 Å². The van der Waals surface area contributed by atoms with Crippen LogP contribution in [0.3, 0.4) is 0 Å². The Balaban J connectivity index is 1.67. The van der Waals surface area contributed by atoms with Gasteiger partial charge in [-0.3, -0.25) is 4.79 Å². The minimum Gasteiger partial charge on any atom is -0.478 e. The van der Waals surface area contributed by atoms with E-state index in [9.17, 15) is 9.59 Å². The number of carbonyl (C=O) groups excluding carboxylic acids is 1. The van der Waals surface area contributed by atoms with Crippen LogP contribution in [0.1, 0.15) is 46.5 Å².